The normalized spacial score (nSPS) is 11.6. The molecule has 22 heavy (non-hydrogen) atoms. The highest BCUT2D eigenvalue weighted by Crippen LogP contribution is 2.15. The Balaban J connectivity index is 1.82. The van der Waals surface area contributed by atoms with Crippen LogP contribution in [-0.2, 0) is 4.79 Å². The highest BCUT2D eigenvalue weighted by molar-refractivity contribution is 5.81. The van der Waals surface area contributed by atoms with Crippen LogP contribution < -0.4 is 15.5 Å². The summed E-state index contributed by atoms with van der Waals surface area (Å²) in [4.78, 5) is 14.0. The number of anilines is 2. The van der Waals surface area contributed by atoms with E-state index in [1.807, 2.05) is 80.5 Å². The van der Waals surface area contributed by atoms with Gasteiger partial charge >= 0.3 is 0 Å². The van der Waals surface area contributed by atoms with E-state index in [9.17, 15) is 4.79 Å². The molecule has 4 heteroatoms. The molecule has 2 aromatic rings. The molecule has 0 spiro atoms. The van der Waals surface area contributed by atoms with Gasteiger partial charge in [-0.2, -0.15) is 0 Å². The summed E-state index contributed by atoms with van der Waals surface area (Å²) in [5, 5.41) is 6.12. The molecule has 116 valence electrons. The van der Waals surface area contributed by atoms with Crippen molar-refractivity contribution in [2.75, 3.05) is 30.9 Å². The average molecular weight is 297 g/mol. The average Bonchev–Trinajstić information content (AvgIpc) is 2.54. The third-order valence-electron chi connectivity index (χ3n) is 3.51. The van der Waals surface area contributed by atoms with E-state index in [2.05, 4.69) is 10.6 Å². The van der Waals surface area contributed by atoms with E-state index in [0.29, 0.717) is 0 Å². The second-order valence-corrected chi connectivity index (χ2v) is 5.49. The van der Waals surface area contributed by atoms with Crippen LogP contribution in [0.15, 0.2) is 54.6 Å². The number of rotatable bonds is 6. The second kappa shape index (κ2) is 7.50. The molecule has 0 aliphatic carbocycles. The Morgan fingerprint density at radius 1 is 1.05 bits per heavy atom. The lowest BCUT2D eigenvalue weighted by molar-refractivity contribution is -0.120. The first-order valence-corrected chi connectivity index (χ1v) is 7.42. The predicted molar refractivity (Wildman–Crippen MR) is 92.3 cm³/mol. The van der Waals surface area contributed by atoms with E-state index in [4.69, 9.17) is 0 Å². The van der Waals surface area contributed by atoms with Gasteiger partial charge in [-0.05, 0) is 36.8 Å². The highest BCUT2D eigenvalue weighted by atomic mass is 16.1. The fourth-order valence-corrected chi connectivity index (χ4v) is 2.18. The summed E-state index contributed by atoms with van der Waals surface area (Å²) in [7, 11) is 4.00. The molecule has 2 aromatic carbocycles. The Labute approximate surface area is 132 Å². The minimum absolute atomic E-state index is 0.00613. The molecule has 0 saturated carbocycles. The summed E-state index contributed by atoms with van der Waals surface area (Å²) in [6.45, 7) is 2.25. The summed E-state index contributed by atoms with van der Waals surface area (Å²) in [5.41, 5.74) is 3.17. The maximum atomic E-state index is 12.0. The lowest BCUT2D eigenvalue weighted by Crippen LogP contribution is -2.32. The fraction of sp³-hybridized carbons (Fsp3) is 0.278. The number of amides is 1. The van der Waals surface area contributed by atoms with Crippen molar-refractivity contribution < 1.29 is 4.79 Å². The lowest BCUT2D eigenvalue weighted by Gasteiger charge is -2.16. The molecule has 1 atom stereocenters. The number of nitrogens with zero attached hydrogens (tertiary/aromatic N) is 1. The first kappa shape index (κ1) is 15.9. The fourth-order valence-electron chi connectivity index (χ4n) is 2.18. The Morgan fingerprint density at radius 2 is 1.68 bits per heavy atom. The predicted octanol–water partition coefficient (Wildman–Crippen LogP) is 3.04. The number of carbonyl (C=O) groups is 1. The van der Waals surface area contributed by atoms with Crippen molar-refractivity contribution in [3.8, 4) is 0 Å². The van der Waals surface area contributed by atoms with E-state index < -0.39 is 0 Å². The van der Waals surface area contributed by atoms with Gasteiger partial charge in [0.2, 0.25) is 5.91 Å². The van der Waals surface area contributed by atoms with Gasteiger partial charge in [0.15, 0.2) is 0 Å². The summed E-state index contributed by atoms with van der Waals surface area (Å²) >= 11 is 0. The molecule has 0 bridgehead atoms. The lowest BCUT2D eigenvalue weighted by atomic mass is 10.1. The summed E-state index contributed by atoms with van der Waals surface area (Å²) < 4.78 is 0. The van der Waals surface area contributed by atoms with Crippen molar-refractivity contribution >= 4 is 17.3 Å². The van der Waals surface area contributed by atoms with Crippen LogP contribution >= 0.6 is 0 Å². The van der Waals surface area contributed by atoms with Gasteiger partial charge in [-0.1, -0.05) is 30.3 Å². The molecule has 2 rings (SSSR count). The molecule has 1 amide bonds. The third-order valence-corrected chi connectivity index (χ3v) is 3.51. The van der Waals surface area contributed by atoms with E-state index in [1.165, 1.54) is 0 Å². The van der Waals surface area contributed by atoms with Gasteiger partial charge in [0.05, 0.1) is 12.6 Å². The number of nitrogens with one attached hydrogen (secondary N) is 2. The van der Waals surface area contributed by atoms with Gasteiger partial charge in [-0.15, -0.1) is 0 Å². The molecule has 0 fully saturated rings. The third kappa shape index (κ3) is 4.52. The molecule has 0 saturated heterocycles. The van der Waals surface area contributed by atoms with Crippen LogP contribution in [0.2, 0.25) is 0 Å². The number of benzene rings is 2. The SMILES string of the molecule is CC(NC(=O)CNc1ccc(N(C)C)cc1)c1ccccc1. The topological polar surface area (TPSA) is 44.4 Å². The van der Waals surface area contributed by atoms with Gasteiger partial charge in [0, 0.05) is 25.5 Å². The van der Waals surface area contributed by atoms with Gasteiger partial charge < -0.3 is 15.5 Å². The second-order valence-electron chi connectivity index (χ2n) is 5.49. The van der Waals surface area contributed by atoms with Gasteiger partial charge in [0.1, 0.15) is 0 Å². The maximum absolute atomic E-state index is 12.0. The largest absolute Gasteiger partial charge is 0.378 e. The monoisotopic (exact) mass is 297 g/mol. The van der Waals surface area contributed by atoms with Crippen LogP contribution in [0.4, 0.5) is 11.4 Å². The van der Waals surface area contributed by atoms with Crippen LogP contribution in [0.25, 0.3) is 0 Å². The Morgan fingerprint density at radius 3 is 2.27 bits per heavy atom. The summed E-state index contributed by atoms with van der Waals surface area (Å²) in [6.07, 6.45) is 0. The van der Waals surface area contributed by atoms with Crippen LogP contribution in [0.5, 0.6) is 0 Å². The van der Waals surface area contributed by atoms with E-state index in [0.717, 1.165) is 16.9 Å². The number of hydrogen-bond donors (Lipinski definition) is 2. The molecule has 0 aliphatic heterocycles. The van der Waals surface area contributed by atoms with Crippen molar-refractivity contribution in [1.82, 2.24) is 5.32 Å². The maximum Gasteiger partial charge on any atom is 0.239 e. The highest BCUT2D eigenvalue weighted by Gasteiger charge is 2.08. The first-order chi connectivity index (χ1) is 10.6. The van der Waals surface area contributed by atoms with Gasteiger partial charge in [-0.3, -0.25) is 4.79 Å². The molecule has 0 aliphatic rings. The van der Waals surface area contributed by atoms with Crippen LogP contribution in [0.3, 0.4) is 0 Å². The summed E-state index contributed by atoms with van der Waals surface area (Å²) in [6, 6.07) is 17.9. The smallest absolute Gasteiger partial charge is 0.239 e. The minimum Gasteiger partial charge on any atom is -0.378 e. The zero-order valence-corrected chi connectivity index (χ0v) is 13.3. The van der Waals surface area contributed by atoms with Crippen molar-refractivity contribution in [2.24, 2.45) is 0 Å². The van der Waals surface area contributed by atoms with Crippen LogP contribution in [-0.4, -0.2) is 26.5 Å². The molecule has 0 heterocycles. The van der Waals surface area contributed by atoms with Crippen molar-refractivity contribution in [2.45, 2.75) is 13.0 Å². The number of hydrogen-bond acceptors (Lipinski definition) is 3. The standard InChI is InChI=1S/C18H23N3O/c1-14(15-7-5-4-6-8-15)20-18(22)13-19-16-9-11-17(12-10-16)21(2)3/h4-12,14,19H,13H2,1-3H3,(H,20,22). The molecular weight excluding hydrogens is 274 g/mol. The Bertz CT molecular complexity index is 593. The van der Waals surface area contributed by atoms with Crippen LogP contribution in [0.1, 0.15) is 18.5 Å². The molecule has 1 unspecified atom stereocenters. The van der Waals surface area contributed by atoms with Crippen molar-refractivity contribution in [3.63, 3.8) is 0 Å². The van der Waals surface area contributed by atoms with Crippen molar-refractivity contribution in [3.05, 3.63) is 60.2 Å². The molecular formula is C18H23N3O. The van der Waals surface area contributed by atoms with E-state index in [1.54, 1.807) is 0 Å². The Kier molecular flexibility index (Phi) is 5.42. The van der Waals surface area contributed by atoms with E-state index >= 15 is 0 Å². The minimum atomic E-state index is -0.0203. The quantitative estimate of drug-likeness (QED) is 0.861. The Hall–Kier alpha value is -2.49. The van der Waals surface area contributed by atoms with E-state index in [-0.39, 0.29) is 18.5 Å². The molecule has 0 radical (unpaired) electrons. The van der Waals surface area contributed by atoms with Gasteiger partial charge in [0.25, 0.3) is 0 Å². The van der Waals surface area contributed by atoms with Crippen LogP contribution in [0, 0.1) is 0 Å². The zero-order valence-electron chi connectivity index (χ0n) is 13.3. The molecule has 2 N–H and O–H groups in total. The molecule has 0 aromatic heterocycles. The van der Waals surface area contributed by atoms with Crippen molar-refractivity contribution in [1.29, 1.82) is 0 Å². The first-order valence-electron chi connectivity index (χ1n) is 7.42. The zero-order chi connectivity index (χ0) is 15.9. The number of carbonyl (C=O) groups excluding carboxylic acids is 1. The summed E-state index contributed by atoms with van der Waals surface area (Å²) in [5.74, 6) is -0.0203. The molecule has 4 nitrogen and oxygen atoms in total. The van der Waals surface area contributed by atoms with Gasteiger partial charge in [-0.25, -0.2) is 0 Å².